The summed E-state index contributed by atoms with van der Waals surface area (Å²) in [6.07, 6.45) is -1.79. The summed E-state index contributed by atoms with van der Waals surface area (Å²) in [5.74, 6) is 0.621. The molecule has 2 rings (SSSR count). The van der Waals surface area contributed by atoms with Gasteiger partial charge in [-0.2, -0.15) is 13.2 Å². The Labute approximate surface area is 177 Å². The highest BCUT2D eigenvalue weighted by molar-refractivity contribution is 14.0. The number of halogens is 4. The van der Waals surface area contributed by atoms with E-state index >= 15 is 0 Å². The van der Waals surface area contributed by atoms with Crippen molar-refractivity contribution in [2.24, 2.45) is 16.6 Å². The molecule has 6 nitrogen and oxygen atoms in total. The average molecular weight is 519 g/mol. The van der Waals surface area contributed by atoms with E-state index in [9.17, 15) is 18.0 Å². The molecule has 27 heavy (non-hydrogen) atoms. The lowest BCUT2D eigenvalue weighted by Gasteiger charge is -2.34. The summed E-state index contributed by atoms with van der Waals surface area (Å²) in [6, 6.07) is 0. The number of thiazole rings is 1. The van der Waals surface area contributed by atoms with Crippen LogP contribution in [-0.4, -0.2) is 47.9 Å². The number of amides is 1. The largest absolute Gasteiger partial charge is 0.434 e. The summed E-state index contributed by atoms with van der Waals surface area (Å²) in [5, 5.41) is 4.65. The standard InChI is InChI=1S/C16H24F3N5OS.HI/c1-2-21-15(24-7-3-4-11(9-24)8-13(20)25)22-6-5-14-23-12(10-26-14)16(17,18)19;/h10-11H,2-9H2,1H3,(H2,20,25)(H,21,22);1H. The zero-order chi connectivity index (χ0) is 19.2. The van der Waals surface area contributed by atoms with Crippen LogP contribution in [0.15, 0.2) is 10.4 Å². The summed E-state index contributed by atoms with van der Waals surface area (Å²) in [4.78, 5) is 21.4. The monoisotopic (exact) mass is 519 g/mol. The van der Waals surface area contributed by atoms with Gasteiger partial charge in [0.1, 0.15) is 0 Å². The Balaban J connectivity index is 0.00000364. The van der Waals surface area contributed by atoms with Gasteiger partial charge in [0, 0.05) is 44.4 Å². The van der Waals surface area contributed by atoms with Gasteiger partial charge in [-0.1, -0.05) is 0 Å². The van der Waals surface area contributed by atoms with Gasteiger partial charge in [-0.25, -0.2) is 4.98 Å². The Bertz CT molecular complexity index is 638. The van der Waals surface area contributed by atoms with Gasteiger partial charge in [0.15, 0.2) is 11.7 Å². The summed E-state index contributed by atoms with van der Waals surface area (Å²) in [6.45, 7) is 4.52. The second-order valence-corrected chi connectivity index (χ2v) is 7.18. The normalized spacial score (nSPS) is 18.1. The lowest BCUT2D eigenvalue weighted by molar-refractivity contribution is -0.140. The zero-order valence-electron chi connectivity index (χ0n) is 15.1. The number of nitrogens with zero attached hydrogens (tertiary/aromatic N) is 3. The molecule has 0 aliphatic carbocycles. The first-order valence-electron chi connectivity index (χ1n) is 8.62. The molecule has 1 aliphatic rings. The Morgan fingerprint density at radius 3 is 2.85 bits per heavy atom. The van der Waals surface area contributed by atoms with E-state index in [0.29, 0.717) is 43.4 Å². The molecule has 0 radical (unpaired) electrons. The van der Waals surface area contributed by atoms with Crippen LogP contribution in [-0.2, 0) is 17.4 Å². The van der Waals surface area contributed by atoms with Crippen LogP contribution in [0.2, 0.25) is 0 Å². The van der Waals surface area contributed by atoms with Gasteiger partial charge in [0.05, 0.1) is 5.01 Å². The lowest BCUT2D eigenvalue weighted by Crippen LogP contribution is -2.47. The predicted octanol–water partition coefficient (Wildman–Crippen LogP) is 2.88. The number of aromatic nitrogens is 1. The van der Waals surface area contributed by atoms with Crippen LogP contribution in [0.5, 0.6) is 0 Å². The molecule has 1 amide bonds. The van der Waals surface area contributed by atoms with Gasteiger partial charge < -0.3 is 16.0 Å². The molecule has 2 heterocycles. The van der Waals surface area contributed by atoms with Crippen LogP contribution in [0.25, 0.3) is 0 Å². The van der Waals surface area contributed by atoms with Gasteiger partial charge >= 0.3 is 6.18 Å². The summed E-state index contributed by atoms with van der Waals surface area (Å²) in [7, 11) is 0. The van der Waals surface area contributed by atoms with E-state index in [1.54, 1.807) is 0 Å². The van der Waals surface area contributed by atoms with Crippen LogP contribution >= 0.6 is 35.3 Å². The number of hydrogen-bond acceptors (Lipinski definition) is 4. The fourth-order valence-corrected chi connectivity index (χ4v) is 3.74. The Morgan fingerprint density at radius 1 is 1.52 bits per heavy atom. The van der Waals surface area contributed by atoms with Crippen molar-refractivity contribution in [2.75, 3.05) is 26.2 Å². The van der Waals surface area contributed by atoms with E-state index < -0.39 is 11.9 Å². The Morgan fingerprint density at radius 2 is 2.26 bits per heavy atom. The van der Waals surface area contributed by atoms with Crippen LogP contribution in [0.4, 0.5) is 13.2 Å². The quantitative estimate of drug-likeness (QED) is 0.344. The first kappa shape index (κ1) is 23.9. The van der Waals surface area contributed by atoms with Crippen molar-refractivity contribution < 1.29 is 18.0 Å². The first-order chi connectivity index (χ1) is 12.3. The molecule has 1 atom stereocenters. The molecule has 154 valence electrons. The highest BCUT2D eigenvalue weighted by Gasteiger charge is 2.33. The second kappa shape index (κ2) is 11.0. The molecule has 1 aromatic rings. The fourth-order valence-electron chi connectivity index (χ4n) is 2.95. The molecule has 0 bridgehead atoms. The van der Waals surface area contributed by atoms with E-state index in [2.05, 4.69) is 20.2 Å². The third kappa shape index (κ3) is 7.80. The van der Waals surface area contributed by atoms with Gasteiger partial charge in [-0.05, 0) is 25.7 Å². The molecule has 1 saturated heterocycles. The number of carbonyl (C=O) groups excluding carboxylic acids is 1. The summed E-state index contributed by atoms with van der Waals surface area (Å²) < 4.78 is 37.8. The number of alkyl halides is 3. The number of guanidine groups is 1. The SMILES string of the molecule is CCNC(=NCCc1nc(C(F)(F)F)cs1)N1CCCC(CC(N)=O)C1.I. The molecule has 0 spiro atoms. The van der Waals surface area contributed by atoms with Gasteiger partial charge in [-0.15, -0.1) is 35.3 Å². The molecule has 1 aliphatic heterocycles. The molecule has 1 fully saturated rings. The number of hydrogen-bond donors (Lipinski definition) is 2. The molecule has 3 N–H and O–H groups in total. The van der Waals surface area contributed by atoms with Crippen molar-refractivity contribution in [3.8, 4) is 0 Å². The highest BCUT2D eigenvalue weighted by atomic mass is 127. The van der Waals surface area contributed by atoms with Crippen molar-refractivity contribution in [3.05, 3.63) is 16.1 Å². The van der Waals surface area contributed by atoms with E-state index in [4.69, 9.17) is 5.73 Å². The molecular weight excluding hydrogens is 494 g/mol. The second-order valence-electron chi connectivity index (χ2n) is 6.23. The van der Waals surface area contributed by atoms with Crippen molar-refractivity contribution in [3.63, 3.8) is 0 Å². The number of rotatable bonds is 6. The molecule has 0 saturated carbocycles. The minimum absolute atomic E-state index is 0. The molecule has 1 unspecified atom stereocenters. The topological polar surface area (TPSA) is 83.6 Å². The summed E-state index contributed by atoms with van der Waals surface area (Å²) in [5.41, 5.74) is 4.44. The number of likely N-dealkylation sites (tertiary alicyclic amines) is 1. The van der Waals surface area contributed by atoms with E-state index in [-0.39, 0.29) is 35.8 Å². The molecule has 1 aromatic heterocycles. The number of primary amides is 1. The van der Waals surface area contributed by atoms with E-state index in [1.165, 1.54) is 0 Å². The van der Waals surface area contributed by atoms with Gasteiger partial charge in [-0.3, -0.25) is 9.79 Å². The number of nitrogens with two attached hydrogens (primary N) is 1. The predicted molar refractivity (Wildman–Crippen MR) is 110 cm³/mol. The van der Waals surface area contributed by atoms with Crippen molar-refractivity contribution in [1.82, 2.24) is 15.2 Å². The molecule has 0 aromatic carbocycles. The fraction of sp³-hybridized carbons (Fsp3) is 0.688. The Kier molecular flexibility index (Phi) is 9.77. The average Bonchev–Trinajstić information content (AvgIpc) is 3.03. The number of carbonyl (C=O) groups is 1. The lowest BCUT2D eigenvalue weighted by atomic mass is 9.95. The summed E-state index contributed by atoms with van der Waals surface area (Å²) >= 11 is 0.998. The van der Waals surface area contributed by atoms with Crippen molar-refractivity contribution in [2.45, 2.75) is 38.8 Å². The highest BCUT2D eigenvalue weighted by Crippen LogP contribution is 2.30. The van der Waals surface area contributed by atoms with Crippen molar-refractivity contribution in [1.29, 1.82) is 0 Å². The number of nitrogens with one attached hydrogen (secondary N) is 1. The van der Waals surface area contributed by atoms with E-state index in [1.807, 2.05) is 6.92 Å². The molecular formula is C16H25F3IN5OS. The minimum atomic E-state index is -4.41. The van der Waals surface area contributed by atoms with Gasteiger partial charge in [0.2, 0.25) is 5.91 Å². The van der Waals surface area contributed by atoms with Gasteiger partial charge in [0.25, 0.3) is 0 Å². The smallest absolute Gasteiger partial charge is 0.370 e. The maximum absolute atomic E-state index is 12.6. The molecule has 11 heteroatoms. The first-order valence-corrected chi connectivity index (χ1v) is 9.50. The van der Waals surface area contributed by atoms with Crippen LogP contribution < -0.4 is 11.1 Å². The third-order valence-electron chi connectivity index (χ3n) is 4.07. The van der Waals surface area contributed by atoms with Crippen LogP contribution in [0, 0.1) is 5.92 Å². The number of piperidine rings is 1. The maximum atomic E-state index is 12.6. The minimum Gasteiger partial charge on any atom is -0.370 e. The third-order valence-corrected chi connectivity index (χ3v) is 4.98. The Hall–Kier alpha value is -1.11. The zero-order valence-corrected chi connectivity index (χ0v) is 18.2. The van der Waals surface area contributed by atoms with E-state index in [0.717, 1.165) is 36.1 Å². The van der Waals surface area contributed by atoms with Crippen LogP contribution in [0.1, 0.15) is 36.9 Å². The van der Waals surface area contributed by atoms with Crippen molar-refractivity contribution >= 4 is 47.2 Å². The number of aliphatic imine (C=N–C) groups is 1. The van der Waals surface area contributed by atoms with Crippen LogP contribution in [0.3, 0.4) is 0 Å². The maximum Gasteiger partial charge on any atom is 0.434 e.